The number of halogens is 4. The van der Waals surface area contributed by atoms with E-state index in [1.165, 1.54) is 4.90 Å². The lowest BCUT2D eigenvalue weighted by Gasteiger charge is -2.18. The van der Waals surface area contributed by atoms with Crippen molar-refractivity contribution in [2.24, 2.45) is 0 Å². The molecule has 1 aromatic rings. The molecule has 1 amide bonds. The van der Waals surface area contributed by atoms with Gasteiger partial charge in [0.05, 0.1) is 5.56 Å². The van der Waals surface area contributed by atoms with Crippen LogP contribution in [0.3, 0.4) is 0 Å². The highest BCUT2D eigenvalue weighted by molar-refractivity contribution is 9.09. The number of pyridine rings is 1. The summed E-state index contributed by atoms with van der Waals surface area (Å²) in [5.41, 5.74) is -0.866. The van der Waals surface area contributed by atoms with Crippen molar-refractivity contribution in [3.8, 4) is 0 Å². The average Bonchev–Trinajstić information content (AvgIpc) is 2.26. The van der Waals surface area contributed by atoms with E-state index in [4.69, 9.17) is 0 Å². The Bertz CT molecular complexity index is 417. The summed E-state index contributed by atoms with van der Waals surface area (Å²) >= 11 is 3.29. The number of aromatic nitrogens is 1. The van der Waals surface area contributed by atoms with Crippen molar-refractivity contribution in [1.29, 1.82) is 0 Å². The molecule has 0 aliphatic rings. The lowest BCUT2D eigenvalue weighted by atomic mass is 10.2. The minimum absolute atomic E-state index is 0.00125. The van der Waals surface area contributed by atoms with Crippen molar-refractivity contribution in [3.63, 3.8) is 0 Å². The van der Waals surface area contributed by atoms with Crippen LogP contribution < -0.4 is 0 Å². The van der Waals surface area contributed by atoms with Gasteiger partial charge < -0.3 is 4.90 Å². The largest absolute Gasteiger partial charge is 0.417 e. The predicted octanol–water partition coefficient (Wildman–Crippen LogP) is 2.96. The van der Waals surface area contributed by atoms with E-state index < -0.39 is 17.6 Å². The van der Waals surface area contributed by atoms with E-state index in [2.05, 4.69) is 20.9 Å². The Morgan fingerprint density at radius 3 is 2.50 bits per heavy atom. The predicted molar refractivity (Wildman–Crippen MR) is 64.6 cm³/mol. The van der Waals surface area contributed by atoms with Crippen LogP contribution in [0, 0.1) is 0 Å². The number of hydrogen-bond acceptors (Lipinski definition) is 2. The van der Waals surface area contributed by atoms with Crippen molar-refractivity contribution in [2.75, 3.05) is 13.6 Å². The average molecular weight is 325 g/mol. The summed E-state index contributed by atoms with van der Waals surface area (Å²) in [6.07, 6.45) is -3.77. The molecule has 0 aromatic carbocycles. The Hall–Kier alpha value is -1.11. The number of nitrogens with zero attached hydrogens (tertiary/aromatic N) is 2. The summed E-state index contributed by atoms with van der Waals surface area (Å²) in [4.78, 5) is 16.8. The smallest absolute Gasteiger partial charge is 0.339 e. The highest BCUT2D eigenvalue weighted by Crippen LogP contribution is 2.28. The van der Waals surface area contributed by atoms with Crippen molar-refractivity contribution in [3.05, 3.63) is 29.6 Å². The van der Waals surface area contributed by atoms with Gasteiger partial charge in [0.25, 0.3) is 5.91 Å². The zero-order valence-electron chi connectivity index (χ0n) is 9.83. The molecule has 1 atom stereocenters. The molecule has 1 unspecified atom stereocenters. The normalized spacial score (nSPS) is 13.2. The summed E-state index contributed by atoms with van der Waals surface area (Å²) in [7, 11) is 1.57. The summed E-state index contributed by atoms with van der Waals surface area (Å²) < 4.78 is 36.9. The molecule has 0 radical (unpaired) electrons. The molecule has 3 nitrogen and oxygen atoms in total. The maximum absolute atomic E-state index is 12.3. The van der Waals surface area contributed by atoms with Gasteiger partial charge in [-0.15, -0.1) is 0 Å². The minimum Gasteiger partial charge on any atom is -0.339 e. The van der Waals surface area contributed by atoms with E-state index >= 15 is 0 Å². The highest BCUT2D eigenvalue weighted by atomic mass is 79.9. The molecule has 0 saturated carbocycles. The molecular formula is C11H12BrF3N2O. The van der Waals surface area contributed by atoms with E-state index in [0.717, 1.165) is 12.1 Å². The summed E-state index contributed by atoms with van der Waals surface area (Å²) in [5, 5.41) is 0. The van der Waals surface area contributed by atoms with Gasteiger partial charge in [0, 0.05) is 24.6 Å². The van der Waals surface area contributed by atoms with Gasteiger partial charge in [0.15, 0.2) is 0 Å². The van der Waals surface area contributed by atoms with Crippen LogP contribution in [0.5, 0.6) is 0 Å². The summed E-state index contributed by atoms with van der Waals surface area (Å²) in [6.45, 7) is 2.31. The molecule has 0 aliphatic carbocycles. The van der Waals surface area contributed by atoms with Gasteiger partial charge in [-0.25, -0.2) is 0 Å². The third-order valence-electron chi connectivity index (χ3n) is 2.18. The SMILES string of the molecule is CC(Br)CN(C)C(=O)c1ccc(C(F)(F)F)cn1. The molecule has 7 heteroatoms. The molecule has 1 aromatic heterocycles. The first-order valence-electron chi connectivity index (χ1n) is 5.14. The van der Waals surface area contributed by atoms with Crippen LogP contribution in [0.2, 0.25) is 0 Å². The number of rotatable bonds is 3. The molecule has 18 heavy (non-hydrogen) atoms. The first-order valence-corrected chi connectivity index (χ1v) is 6.06. The van der Waals surface area contributed by atoms with Crippen molar-refractivity contribution < 1.29 is 18.0 Å². The van der Waals surface area contributed by atoms with Gasteiger partial charge >= 0.3 is 6.18 Å². The van der Waals surface area contributed by atoms with Crippen molar-refractivity contribution in [2.45, 2.75) is 17.9 Å². The number of amides is 1. The Kier molecular flexibility index (Phi) is 4.72. The van der Waals surface area contributed by atoms with Gasteiger partial charge in [-0.1, -0.05) is 22.9 Å². The number of carbonyl (C=O) groups is 1. The first kappa shape index (κ1) is 14.9. The van der Waals surface area contributed by atoms with E-state index in [1.54, 1.807) is 7.05 Å². The maximum atomic E-state index is 12.3. The van der Waals surface area contributed by atoms with E-state index in [1.807, 2.05) is 6.92 Å². The van der Waals surface area contributed by atoms with Crippen LogP contribution in [0.25, 0.3) is 0 Å². The Labute approximate surface area is 111 Å². The van der Waals surface area contributed by atoms with E-state index in [-0.39, 0.29) is 10.5 Å². The van der Waals surface area contributed by atoms with Crippen LogP contribution >= 0.6 is 15.9 Å². The van der Waals surface area contributed by atoms with Gasteiger partial charge in [-0.3, -0.25) is 9.78 Å². The topological polar surface area (TPSA) is 33.2 Å². The molecule has 0 fully saturated rings. The first-order chi connectivity index (χ1) is 8.21. The van der Waals surface area contributed by atoms with Crippen molar-refractivity contribution >= 4 is 21.8 Å². The highest BCUT2D eigenvalue weighted by Gasteiger charge is 2.31. The monoisotopic (exact) mass is 324 g/mol. The number of carbonyl (C=O) groups excluding carboxylic acids is 1. The lowest BCUT2D eigenvalue weighted by molar-refractivity contribution is -0.137. The van der Waals surface area contributed by atoms with Crippen LogP contribution in [0.15, 0.2) is 18.3 Å². The third kappa shape index (κ3) is 3.97. The lowest BCUT2D eigenvalue weighted by Crippen LogP contribution is -2.31. The molecule has 0 N–H and O–H groups in total. The van der Waals surface area contributed by atoms with Gasteiger partial charge in [-0.2, -0.15) is 13.2 Å². The second-order valence-electron chi connectivity index (χ2n) is 3.90. The van der Waals surface area contributed by atoms with Crippen molar-refractivity contribution in [1.82, 2.24) is 9.88 Å². The molecule has 100 valence electrons. The van der Waals surface area contributed by atoms with Crippen LogP contribution in [0.1, 0.15) is 23.0 Å². The second kappa shape index (κ2) is 5.69. The molecule has 1 rings (SSSR count). The fourth-order valence-electron chi connectivity index (χ4n) is 1.34. The van der Waals surface area contributed by atoms with Gasteiger partial charge in [0.1, 0.15) is 5.69 Å². The zero-order chi connectivity index (χ0) is 13.9. The Balaban J connectivity index is 2.82. The molecular weight excluding hydrogens is 313 g/mol. The molecule has 0 spiro atoms. The maximum Gasteiger partial charge on any atom is 0.417 e. The van der Waals surface area contributed by atoms with E-state index in [9.17, 15) is 18.0 Å². The molecule has 1 heterocycles. The van der Waals surface area contributed by atoms with Crippen LogP contribution in [-0.2, 0) is 6.18 Å². The van der Waals surface area contributed by atoms with Gasteiger partial charge in [0.2, 0.25) is 0 Å². The fraction of sp³-hybridized carbons (Fsp3) is 0.455. The summed E-state index contributed by atoms with van der Waals surface area (Å²) in [5.74, 6) is -0.407. The quantitative estimate of drug-likeness (QED) is 0.801. The van der Waals surface area contributed by atoms with Crippen LogP contribution in [-0.4, -0.2) is 34.2 Å². The fourth-order valence-corrected chi connectivity index (χ4v) is 1.78. The Morgan fingerprint density at radius 2 is 2.11 bits per heavy atom. The zero-order valence-corrected chi connectivity index (χ0v) is 11.4. The third-order valence-corrected chi connectivity index (χ3v) is 2.47. The minimum atomic E-state index is -4.44. The summed E-state index contributed by atoms with van der Waals surface area (Å²) in [6, 6.07) is 1.94. The molecule has 0 saturated heterocycles. The van der Waals surface area contributed by atoms with Crippen LogP contribution in [0.4, 0.5) is 13.2 Å². The number of hydrogen-bond donors (Lipinski definition) is 0. The standard InChI is InChI=1S/C11H12BrF3N2O/c1-7(12)6-17(2)10(18)9-4-3-8(5-16-9)11(13,14)15/h3-5,7H,6H2,1-2H3. The molecule has 0 bridgehead atoms. The van der Waals surface area contributed by atoms with Gasteiger partial charge in [-0.05, 0) is 12.1 Å². The second-order valence-corrected chi connectivity index (χ2v) is 5.46. The Morgan fingerprint density at radius 1 is 1.50 bits per heavy atom. The van der Waals surface area contributed by atoms with E-state index in [0.29, 0.717) is 12.7 Å². The molecule has 0 aliphatic heterocycles. The number of alkyl halides is 4.